The molecule has 1 aliphatic carbocycles. The molecule has 132 valence electrons. The average molecular weight is 337 g/mol. The van der Waals surface area contributed by atoms with Crippen LogP contribution in [0.5, 0.6) is 5.75 Å². The van der Waals surface area contributed by atoms with Gasteiger partial charge in [0.15, 0.2) is 0 Å². The van der Waals surface area contributed by atoms with Crippen LogP contribution >= 0.6 is 0 Å². The van der Waals surface area contributed by atoms with Gasteiger partial charge in [0.2, 0.25) is 5.91 Å². The van der Waals surface area contributed by atoms with Gasteiger partial charge in [-0.2, -0.15) is 0 Å². The first kappa shape index (κ1) is 17.5. The molecule has 0 atom stereocenters. The van der Waals surface area contributed by atoms with Gasteiger partial charge in [0, 0.05) is 6.54 Å². The third kappa shape index (κ3) is 4.62. The van der Waals surface area contributed by atoms with Gasteiger partial charge in [-0.1, -0.05) is 30.3 Å². The smallest absolute Gasteiger partial charge is 0.224 e. The van der Waals surface area contributed by atoms with E-state index < -0.39 is 0 Å². The van der Waals surface area contributed by atoms with E-state index in [-0.39, 0.29) is 5.91 Å². The Bertz CT molecular complexity index is 763. The Hall–Kier alpha value is -2.29. The summed E-state index contributed by atoms with van der Waals surface area (Å²) in [7, 11) is 1.73. The Morgan fingerprint density at radius 1 is 1.08 bits per heavy atom. The van der Waals surface area contributed by atoms with Gasteiger partial charge in [0.1, 0.15) is 5.75 Å². The third-order valence-electron chi connectivity index (χ3n) is 4.99. The minimum absolute atomic E-state index is 0.0739. The van der Waals surface area contributed by atoms with Gasteiger partial charge in [0.25, 0.3) is 0 Å². The molecule has 0 saturated heterocycles. The fourth-order valence-corrected chi connectivity index (χ4v) is 3.15. The second kappa shape index (κ2) is 7.73. The quantitative estimate of drug-likeness (QED) is 0.826. The lowest BCUT2D eigenvalue weighted by molar-refractivity contribution is -0.120. The lowest BCUT2D eigenvalue weighted by Gasteiger charge is -2.11. The van der Waals surface area contributed by atoms with Crippen molar-refractivity contribution >= 4 is 5.91 Å². The molecule has 0 unspecified atom stereocenters. The summed E-state index contributed by atoms with van der Waals surface area (Å²) in [5.74, 6) is 1.74. The fourth-order valence-electron chi connectivity index (χ4n) is 3.15. The van der Waals surface area contributed by atoms with E-state index in [1.54, 1.807) is 7.11 Å². The third-order valence-corrected chi connectivity index (χ3v) is 4.99. The lowest BCUT2D eigenvalue weighted by atomic mass is 10.0. The van der Waals surface area contributed by atoms with E-state index in [1.165, 1.54) is 35.1 Å². The summed E-state index contributed by atoms with van der Waals surface area (Å²) < 4.78 is 5.53. The van der Waals surface area contributed by atoms with Gasteiger partial charge >= 0.3 is 0 Å². The van der Waals surface area contributed by atoms with Crippen LogP contribution in [-0.2, 0) is 17.6 Å². The summed E-state index contributed by atoms with van der Waals surface area (Å²) in [6.45, 7) is 4.81. The molecule has 0 heterocycles. The number of methoxy groups -OCH3 is 1. The van der Waals surface area contributed by atoms with Crippen LogP contribution in [0, 0.1) is 13.8 Å². The highest BCUT2D eigenvalue weighted by atomic mass is 16.5. The summed E-state index contributed by atoms with van der Waals surface area (Å²) in [6, 6.07) is 12.7. The number of hydrogen-bond acceptors (Lipinski definition) is 2. The molecule has 2 aromatic rings. The second-order valence-corrected chi connectivity index (χ2v) is 7.05. The Labute approximate surface area is 150 Å². The van der Waals surface area contributed by atoms with Crippen molar-refractivity contribution in [1.82, 2.24) is 5.32 Å². The standard InChI is InChI=1S/C22H27NO2/c1-15-4-5-18(12-16(15)2)14-22(24)23-11-10-17-6-9-20(19-7-8-19)21(13-17)25-3/h4-6,9,12-13,19H,7-8,10-11,14H2,1-3H3,(H,23,24). The summed E-state index contributed by atoms with van der Waals surface area (Å²) >= 11 is 0. The predicted octanol–water partition coefficient (Wildman–Crippen LogP) is 4.09. The van der Waals surface area contributed by atoms with Crippen molar-refractivity contribution in [1.29, 1.82) is 0 Å². The number of benzene rings is 2. The number of nitrogens with one attached hydrogen (secondary N) is 1. The van der Waals surface area contributed by atoms with E-state index in [0.29, 0.717) is 18.9 Å². The van der Waals surface area contributed by atoms with Crippen LogP contribution < -0.4 is 10.1 Å². The molecule has 1 fully saturated rings. The number of carbonyl (C=O) groups is 1. The molecule has 1 saturated carbocycles. The van der Waals surface area contributed by atoms with E-state index in [4.69, 9.17) is 4.74 Å². The van der Waals surface area contributed by atoms with Crippen LogP contribution in [0.1, 0.15) is 46.6 Å². The van der Waals surface area contributed by atoms with Crippen molar-refractivity contribution in [2.45, 2.75) is 45.4 Å². The molecule has 3 heteroatoms. The molecule has 0 aromatic heterocycles. The summed E-state index contributed by atoms with van der Waals surface area (Å²) in [6.07, 6.45) is 3.79. The van der Waals surface area contributed by atoms with Gasteiger partial charge in [-0.15, -0.1) is 0 Å². The Morgan fingerprint density at radius 3 is 2.52 bits per heavy atom. The van der Waals surface area contributed by atoms with Gasteiger partial charge in [-0.3, -0.25) is 4.79 Å². The molecular weight excluding hydrogens is 310 g/mol. The molecule has 1 N–H and O–H groups in total. The molecule has 0 spiro atoms. The molecular formula is C22H27NO2. The minimum Gasteiger partial charge on any atom is -0.496 e. The number of carbonyl (C=O) groups excluding carboxylic acids is 1. The Morgan fingerprint density at radius 2 is 1.84 bits per heavy atom. The average Bonchev–Trinajstić information content (AvgIpc) is 3.43. The topological polar surface area (TPSA) is 38.3 Å². The molecule has 0 aliphatic heterocycles. The zero-order valence-electron chi connectivity index (χ0n) is 15.4. The molecule has 0 bridgehead atoms. The normalized spacial score (nSPS) is 13.6. The van der Waals surface area contributed by atoms with Gasteiger partial charge in [-0.05, 0) is 72.9 Å². The van der Waals surface area contributed by atoms with Crippen molar-refractivity contribution < 1.29 is 9.53 Å². The number of aryl methyl sites for hydroxylation is 2. The Balaban J connectivity index is 1.50. The maximum absolute atomic E-state index is 12.1. The zero-order valence-corrected chi connectivity index (χ0v) is 15.4. The van der Waals surface area contributed by atoms with Gasteiger partial charge < -0.3 is 10.1 Å². The number of hydrogen-bond donors (Lipinski definition) is 1. The molecule has 0 radical (unpaired) electrons. The van der Waals surface area contributed by atoms with E-state index in [9.17, 15) is 4.79 Å². The fraction of sp³-hybridized carbons (Fsp3) is 0.409. The monoisotopic (exact) mass is 337 g/mol. The molecule has 1 amide bonds. The van der Waals surface area contributed by atoms with Crippen molar-refractivity contribution in [3.63, 3.8) is 0 Å². The molecule has 1 aliphatic rings. The van der Waals surface area contributed by atoms with Crippen molar-refractivity contribution in [2.75, 3.05) is 13.7 Å². The highest BCUT2D eigenvalue weighted by molar-refractivity contribution is 5.78. The van der Waals surface area contributed by atoms with E-state index >= 15 is 0 Å². The van der Waals surface area contributed by atoms with Crippen molar-refractivity contribution in [3.8, 4) is 5.75 Å². The van der Waals surface area contributed by atoms with E-state index in [1.807, 2.05) is 6.07 Å². The first-order valence-corrected chi connectivity index (χ1v) is 9.06. The first-order valence-electron chi connectivity index (χ1n) is 9.06. The van der Waals surface area contributed by atoms with E-state index in [0.717, 1.165) is 17.7 Å². The number of amides is 1. The molecule has 3 nitrogen and oxygen atoms in total. The van der Waals surface area contributed by atoms with Crippen LogP contribution in [0.15, 0.2) is 36.4 Å². The summed E-state index contributed by atoms with van der Waals surface area (Å²) in [5.41, 5.74) is 6.08. The maximum Gasteiger partial charge on any atom is 0.224 e. The minimum atomic E-state index is 0.0739. The highest BCUT2D eigenvalue weighted by Gasteiger charge is 2.26. The SMILES string of the molecule is COc1cc(CCNC(=O)Cc2ccc(C)c(C)c2)ccc1C1CC1. The van der Waals surface area contributed by atoms with Crippen LogP contribution in [0.4, 0.5) is 0 Å². The predicted molar refractivity (Wildman–Crippen MR) is 101 cm³/mol. The molecule has 25 heavy (non-hydrogen) atoms. The van der Waals surface area contributed by atoms with Crippen LogP contribution in [0.25, 0.3) is 0 Å². The number of rotatable bonds is 7. The lowest BCUT2D eigenvalue weighted by Crippen LogP contribution is -2.27. The first-order chi connectivity index (χ1) is 12.1. The summed E-state index contributed by atoms with van der Waals surface area (Å²) in [5, 5.41) is 3.02. The van der Waals surface area contributed by atoms with Crippen LogP contribution in [0.3, 0.4) is 0 Å². The largest absolute Gasteiger partial charge is 0.496 e. The zero-order chi connectivity index (χ0) is 17.8. The van der Waals surface area contributed by atoms with Crippen LogP contribution in [-0.4, -0.2) is 19.6 Å². The van der Waals surface area contributed by atoms with Gasteiger partial charge in [-0.25, -0.2) is 0 Å². The van der Waals surface area contributed by atoms with Gasteiger partial charge in [0.05, 0.1) is 13.5 Å². The maximum atomic E-state index is 12.1. The van der Waals surface area contributed by atoms with E-state index in [2.05, 4.69) is 49.5 Å². The summed E-state index contributed by atoms with van der Waals surface area (Å²) in [4.78, 5) is 12.1. The van der Waals surface area contributed by atoms with Crippen molar-refractivity contribution in [3.05, 3.63) is 64.2 Å². The highest BCUT2D eigenvalue weighted by Crippen LogP contribution is 2.44. The molecule has 2 aromatic carbocycles. The molecule has 3 rings (SSSR count). The Kier molecular flexibility index (Phi) is 5.42. The van der Waals surface area contributed by atoms with Crippen molar-refractivity contribution in [2.24, 2.45) is 0 Å². The second-order valence-electron chi connectivity index (χ2n) is 7.05. The van der Waals surface area contributed by atoms with Crippen LogP contribution in [0.2, 0.25) is 0 Å². The number of ether oxygens (including phenoxy) is 1.